The van der Waals surface area contributed by atoms with Crippen LogP contribution in [0.1, 0.15) is 31.7 Å². The van der Waals surface area contributed by atoms with E-state index in [2.05, 4.69) is 9.84 Å². The molecular weight excluding hydrogens is 346 g/mol. The molecule has 2 aliphatic rings. The van der Waals surface area contributed by atoms with Crippen molar-refractivity contribution in [2.24, 2.45) is 5.41 Å². The van der Waals surface area contributed by atoms with E-state index in [9.17, 15) is 22.4 Å². The van der Waals surface area contributed by atoms with E-state index in [0.717, 1.165) is 19.0 Å². The van der Waals surface area contributed by atoms with Gasteiger partial charge in [-0.25, -0.2) is 9.18 Å². The van der Waals surface area contributed by atoms with Crippen LogP contribution in [0.4, 0.5) is 22.4 Å². The Morgan fingerprint density at radius 1 is 1.40 bits per heavy atom. The molecule has 0 unspecified atom stereocenters. The minimum absolute atomic E-state index is 0.0181. The zero-order chi connectivity index (χ0) is 18.2. The van der Waals surface area contributed by atoms with Crippen molar-refractivity contribution in [3.8, 4) is 0 Å². The molecule has 1 spiro atoms. The molecule has 1 aliphatic carbocycles. The van der Waals surface area contributed by atoms with E-state index < -0.39 is 25.0 Å². The van der Waals surface area contributed by atoms with Gasteiger partial charge in [0.05, 0.1) is 25.0 Å². The summed E-state index contributed by atoms with van der Waals surface area (Å²) >= 11 is 0. The van der Waals surface area contributed by atoms with Crippen molar-refractivity contribution in [1.29, 1.82) is 0 Å². The van der Waals surface area contributed by atoms with Crippen LogP contribution < -0.4 is 0 Å². The third-order valence-corrected chi connectivity index (χ3v) is 5.14. The number of nitrogens with zero attached hydrogens (tertiary/aromatic N) is 3. The second-order valence-corrected chi connectivity index (χ2v) is 6.78. The van der Waals surface area contributed by atoms with Crippen LogP contribution in [0.2, 0.25) is 0 Å². The first-order chi connectivity index (χ1) is 11.7. The van der Waals surface area contributed by atoms with Crippen LogP contribution in [0.25, 0.3) is 0 Å². The number of aliphatic hydroxyl groups excluding tert-OH is 1. The standard InChI is InChI=1S/C15H19F4N3O3/c16-10-7-20-22(8-10)11-5-14(6-11)1-3-21(4-2-14)13(24)25-12(9-23)15(17,18)19/h7-8,11-12,23H,1-6,9H2/t12-/m1/s1. The van der Waals surface area contributed by atoms with Crippen molar-refractivity contribution >= 4 is 6.09 Å². The van der Waals surface area contributed by atoms with E-state index in [0.29, 0.717) is 25.9 Å². The summed E-state index contributed by atoms with van der Waals surface area (Å²) < 4.78 is 56.6. The molecule has 1 aromatic rings. The van der Waals surface area contributed by atoms with E-state index in [1.165, 1.54) is 11.1 Å². The molecule has 0 radical (unpaired) electrons. The topological polar surface area (TPSA) is 67.6 Å². The van der Waals surface area contributed by atoms with Crippen molar-refractivity contribution in [1.82, 2.24) is 14.7 Å². The van der Waals surface area contributed by atoms with Gasteiger partial charge < -0.3 is 14.7 Å². The molecule has 140 valence electrons. The van der Waals surface area contributed by atoms with Crippen LogP contribution in [-0.2, 0) is 4.74 Å². The lowest BCUT2D eigenvalue weighted by Gasteiger charge is -2.51. The Morgan fingerprint density at radius 3 is 2.52 bits per heavy atom. The molecule has 1 saturated heterocycles. The van der Waals surface area contributed by atoms with Gasteiger partial charge in [-0.05, 0) is 31.1 Å². The maximum atomic E-state index is 13.0. The normalized spacial score (nSPS) is 21.9. The molecule has 1 N–H and O–H groups in total. The molecule has 2 heterocycles. The number of aromatic nitrogens is 2. The maximum absolute atomic E-state index is 13.0. The summed E-state index contributed by atoms with van der Waals surface area (Å²) in [5.74, 6) is -0.387. The fourth-order valence-electron chi connectivity index (χ4n) is 3.62. The predicted octanol–water partition coefficient (Wildman–Crippen LogP) is 2.50. The first-order valence-electron chi connectivity index (χ1n) is 8.05. The van der Waals surface area contributed by atoms with Crippen LogP contribution in [0, 0.1) is 11.2 Å². The summed E-state index contributed by atoms with van der Waals surface area (Å²) in [7, 11) is 0. The molecule has 0 aromatic carbocycles. The van der Waals surface area contributed by atoms with Crippen LogP contribution >= 0.6 is 0 Å². The van der Waals surface area contributed by atoms with Crippen molar-refractivity contribution < 1.29 is 32.2 Å². The summed E-state index contributed by atoms with van der Waals surface area (Å²) in [5.41, 5.74) is 0.0181. The number of alkyl halides is 3. The Hall–Kier alpha value is -1.84. The average Bonchev–Trinajstić information content (AvgIpc) is 2.95. The number of likely N-dealkylation sites (tertiary alicyclic amines) is 1. The lowest BCUT2D eigenvalue weighted by Crippen LogP contribution is -2.50. The number of aliphatic hydroxyl groups is 1. The molecule has 3 rings (SSSR count). The molecule has 10 heteroatoms. The quantitative estimate of drug-likeness (QED) is 0.836. The Kier molecular flexibility index (Phi) is 4.65. The predicted molar refractivity (Wildman–Crippen MR) is 77.1 cm³/mol. The van der Waals surface area contributed by atoms with Crippen molar-refractivity contribution in [2.45, 2.75) is 44.0 Å². The van der Waals surface area contributed by atoms with Crippen molar-refractivity contribution in [2.75, 3.05) is 19.7 Å². The number of rotatable bonds is 3. The van der Waals surface area contributed by atoms with E-state index in [1.807, 2.05) is 0 Å². The van der Waals surface area contributed by atoms with Crippen molar-refractivity contribution in [3.63, 3.8) is 0 Å². The fraction of sp³-hybridized carbons (Fsp3) is 0.733. The van der Waals surface area contributed by atoms with Gasteiger partial charge in [-0.15, -0.1) is 0 Å². The van der Waals surface area contributed by atoms with Gasteiger partial charge in [-0.1, -0.05) is 0 Å². The molecule has 25 heavy (non-hydrogen) atoms. The zero-order valence-electron chi connectivity index (χ0n) is 13.4. The highest BCUT2D eigenvalue weighted by Gasteiger charge is 2.48. The van der Waals surface area contributed by atoms with Gasteiger partial charge in [0.1, 0.15) is 0 Å². The van der Waals surface area contributed by atoms with Crippen LogP contribution in [-0.4, -0.2) is 57.9 Å². The molecule has 0 bridgehead atoms. The largest absolute Gasteiger partial charge is 0.434 e. The number of hydrogen-bond donors (Lipinski definition) is 1. The zero-order valence-corrected chi connectivity index (χ0v) is 13.4. The van der Waals surface area contributed by atoms with Crippen LogP contribution in [0.3, 0.4) is 0 Å². The number of ether oxygens (including phenoxy) is 1. The molecule has 1 atom stereocenters. The van der Waals surface area contributed by atoms with Gasteiger partial charge in [0.2, 0.25) is 6.10 Å². The molecule has 6 nitrogen and oxygen atoms in total. The number of amides is 1. The number of halogens is 4. The van der Waals surface area contributed by atoms with Gasteiger partial charge in [-0.2, -0.15) is 18.3 Å². The Morgan fingerprint density at radius 2 is 2.04 bits per heavy atom. The Bertz CT molecular complexity index is 618. The third-order valence-electron chi connectivity index (χ3n) is 5.14. The Labute approximate surface area is 141 Å². The lowest BCUT2D eigenvalue weighted by molar-refractivity contribution is -0.215. The fourth-order valence-corrected chi connectivity index (χ4v) is 3.62. The second-order valence-electron chi connectivity index (χ2n) is 6.78. The second kappa shape index (κ2) is 6.47. The smallest absolute Gasteiger partial charge is 0.427 e. The van der Waals surface area contributed by atoms with Gasteiger partial charge >= 0.3 is 12.3 Å². The minimum atomic E-state index is -4.79. The van der Waals surface area contributed by atoms with Crippen LogP contribution in [0.5, 0.6) is 0 Å². The highest BCUT2D eigenvalue weighted by atomic mass is 19.4. The van der Waals surface area contributed by atoms with E-state index >= 15 is 0 Å². The summed E-state index contributed by atoms with van der Waals surface area (Å²) in [5, 5.41) is 12.7. The van der Waals surface area contributed by atoms with Gasteiger partial charge in [0.25, 0.3) is 0 Å². The number of carbonyl (C=O) groups is 1. The van der Waals surface area contributed by atoms with Crippen LogP contribution in [0.15, 0.2) is 12.4 Å². The number of piperidine rings is 1. The van der Waals surface area contributed by atoms with E-state index in [1.54, 1.807) is 4.68 Å². The Balaban J connectivity index is 1.48. The average molecular weight is 365 g/mol. The van der Waals surface area contributed by atoms with Gasteiger partial charge in [-0.3, -0.25) is 4.68 Å². The SMILES string of the molecule is O=C(O[C@H](CO)C(F)(F)F)N1CCC2(CC1)CC(n1cc(F)cn1)C2. The molecule has 1 aliphatic heterocycles. The molecule has 1 saturated carbocycles. The summed E-state index contributed by atoms with van der Waals surface area (Å²) in [6.45, 7) is -0.695. The minimum Gasteiger partial charge on any atom is -0.434 e. The molecule has 1 aromatic heterocycles. The molecule has 1 amide bonds. The lowest BCUT2D eigenvalue weighted by atomic mass is 9.60. The molecular formula is C15H19F4N3O3. The van der Waals surface area contributed by atoms with Gasteiger partial charge in [0.15, 0.2) is 5.82 Å². The molecule has 2 fully saturated rings. The highest BCUT2D eigenvalue weighted by molar-refractivity contribution is 5.68. The number of carbonyl (C=O) groups excluding carboxylic acids is 1. The van der Waals surface area contributed by atoms with E-state index in [4.69, 9.17) is 5.11 Å². The summed E-state index contributed by atoms with van der Waals surface area (Å²) in [6.07, 6.45) is -2.94. The third kappa shape index (κ3) is 3.73. The highest BCUT2D eigenvalue weighted by Crippen LogP contribution is 2.54. The number of hydrogen-bond acceptors (Lipinski definition) is 4. The first-order valence-corrected chi connectivity index (χ1v) is 8.05. The monoisotopic (exact) mass is 365 g/mol. The van der Waals surface area contributed by atoms with Gasteiger partial charge in [0, 0.05) is 13.1 Å². The maximum Gasteiger partial charge on any atom is 0.427 e. The first kappa shape index (κ1) is 18.0. The van der Waals surface area contributed by atoms with E-state index in [-0.39, 0.29) is 17.3 Å². The van der Waals surface area contributed by atoms with Crippen molar-refractivity contribution in [3.05, 3.63) is 18.2 Å². The summed E-state index contributed by atoms with van der Waals surface area (Å²) in [6, 6.07) is 0.118. The summed E-state index contributed by atoms with van der Waals surface area (Å²) in [4.78, 5) is 13.1.